The fourth-order valence-corrected chi connectivity index (χ4v) is 3.55. The van der Waals surface area contributed by atoms with Gasteiger partial charge in [-0.25, -0.2) is 4.68 Å². The Morgan fingerprint density at radius 2 is 1.64 bits per heavy atom. The van der Waals surface area contributed by atoms with Crippen LogP contribution in [0.25, 0.3) is 5.69 Å². The summed E-state index contributed by atoms with van der Waals surface area (Å²) >= 11 is 12.0. The molecule has 0 fully saturated rings. The van der Waals surface area contributed by atoms with Crippen LogP contribution in [0.15, 0.2) is 48.5 Å². The summed E-state index contributed by atoms with van der Waals surface area (Å²) < 4.78 is 1.76. The molecule has 1 aliphatic heterocycles. The van der Waals surface area contributed by atoms with Crippen molar-refractivity contribution in [1.29, 1.82) is 0 Å². The van der Waals surface area contributed by atoms with Gasteiger partial charge in [-0.05, 0) is 48.9 Å². The van der Waals surface area contributed by atoms with Gasteiger partial charge < -0.3 is 5.32 Å². The molecule has 1 unspecified atom stereocenters. The maximum absolute atomic E-state index is 12.3. The number of benzene rings is 2. The lowest BCUT2D eigenvalue weighted by molar-refractivity contribution is -0.116. The summed E-state index contributed by atoms with van der Waals surface area (Å²) in [6.07, 6.45) is 0.391. The van der Waals surface area contributed by atoms with E-state index in [-0.39, 0.29) is 11.8 Å². The highest BCUT2D eigenvalue weighted by Crippen LogP contribution is 2.40. The van der Waals surface area contributed by atoms with E-state index in [1.165, 1.54) is 0 Å². The van der Waals surface area contributed by atoms with Crippen molar-refractivity contribution in [3.05, 3.63) is 75.4 Å². The minimum absolute atomic E-state index is 0.0254. The molecule has 1 N–H and O–H groups in total. The zero-order chi connectivity index (χ0) is 17.6. The molecule has 0 aliphatic carbocycles. The van der Waals surface area contributed by atoms with Gasteiger partial charge in [0, 0.05) is 27.9 Å². The molecule has 0 saturated carbocycles. The molecule has 6 heteroatoms. The van der Waals surface area contributed by atoms with Gasteiger partial charge in [0.1, 0.15) is 5.82 Å². The van der Waals surface area contributed by atoms with Crippen LogP contribution >= 0.6 is 23.2 Å². The lowest BCUT2D eigenvalue weighted by atomic mass is 9.86. The first kappa shape index (κ1) is 16.2. The zero-order valence-corrected chi connectivity index (χ0v) is 15.0. The van der Waals surface area contributed by atoms with E-state index < -0.39 is 0 Å². The van der Waals surface area contributed by atoms with E-state index in [4.69, 9.17) is 23.2 Å². The van der Waals surface area contributed by atoms with Crippen molar-refractivity contribution in [2.24, 2.45) is 0 Å². The van der Waals surface area contributed by atoms with Gasteiger partial charge in [0.2, 0.25) is 5.91 Å². The zero-order valence-electron chi connectivity index (χ0n) is 13.5. The molecule has 0 bridgehead atoms. The molecule has 2 heterocycles. The Labute approximate surface area is 155 Å². The van der Waals surface area contributed by atoms with E-state index in [2.05, 4.69) is 10.4 Å². The molecule has 4 rings (SSSR count). The van der Waals surface area contributed by atoms with E-state index in [0.29, 0.717) is 16.5 Å². The van der Waals surface area contributed by atoms with E-state index in [0.717, 1.165) is 28.3 Å². The Morgan fingerprint density at radius 1 is 1.04 bits per heavy atom. The fourth-order valence-electron chi connectivity index (χ4n) is 3.30. The molecule has 1 atom stereocenters. The molecule has 2 aromatic carbocycles. The molecule has 0 saturated heterocycles. The largest absolute Gasteiger partial charge is 0.310 e. The summed E-state index contributed by atoms with van der Waals surface area (Å²) in [7, 11) is 0. The Bertz CT molecular complexity index is 946. The predicted molar refractivity (Wildman–Crippen MR) is 99.9 cm³/mol. The van der Waals surface area contributed by atoms with Gasteiger partial charge in [-0.1, -0.05) is 35.3 Å². The SMILES string of the molecule is Cc1nn(-c2ccc(Cl)cc2)c2c1C(c1ccc(Cl)cc1)CC(=O)N2. The molecular formula is C19H15Cl2N3O. The average molecular weight is 372 g/mol. The highest BCUT2D eigenvalue weighted by molar-refractivity contribution is 6.30. The number of carbonyl (C=O) groups is 1. The second-order valence-electron chi connectivity index (χ2n) is 6.09. The summed E-state index contributed by atoms with van der Waals surface area (Å²) in [6, 6.07) is 15.0. The van der Waals surface area contributed by atoms with E-state index in [1.54, 1.807) is 4.68 Å². The van der Waals surface area contributed by atoms with Crippen LogP contribution < -0.4 is 5.32 Å². The van der Waals surface area contributed by atoms with Crippen LogP contribution in [-0.4, -0.2) is 15.7 Å². The van der Waals surface area contributed by atoms with E-state index in [9.17, 15) is 4.79 Å². The highest BCUT2D eigenvalue weighted by atomic mass is 35.5. The van der Waals surface area contributed by atoms with Crippen LogP contribution in [0.5, 0.6) is 0 Å². The summed E-state index contributed by atoms with van der Waals surface area (Å²) in [4.78, 5) is 12.3. The number of aromatic nitrogens is 2. The van der Waals surface area contributed by atoms with Crippen LogP contribution in [0.1, 0.15) is 29.2 Å². The molecule has 25 heavy (non-hydrogen) atoms. The molecule has 3 aromatic rings. The normalized spacial score (nSPS) is 16.4. The van der Waals surface area contributed by atoms with Crippen molar-refractivity contribution in [3.63, 3.8) is 0 Å². The van der Waals surface area contributed by atoms with Crippen LogP contribution in [0.2, 0.25) is 10.0 Å². The van der Waals surface area contributed by atoms with Crippen molar-refractivity contribution in [2.45, 2.75) is 19.3 Å². The molecule has 0 radical (unpaired) electrons. The second-order valence-corrected chi connectivity index (χ2v) is 6.97. The van der Waals surface area contributed by atoms with Crippen molar-refractivity contribution in [1.82, 2.24) is 9.78 Å². The predicted octanol–water partition coefficient (Wildman–Crippen LogP) is 4.96. The number of aryl methyl sites for hydroxylation is 1. The number of anilines is 1. The summed E-state index contributed by atoms with van der Waals surface area (Å²) in [6.45, 7) is 1.96. The number of nitrogens with zero attached hydrogens (tertiary/aromatic N) is 2. The number of fused-ring (bicyclic) bond motifs is 1. The monoisotopic (exact) mass is 371 g/mol. The molecule has 1 amide bonds. The van der Waals surface area contributed by atoms with E-state index in [1.807, 2.05) is 55.5 Å². The molecule has 126 valence electrons. The number of amides is 1. The Morgan fingerprint density at radius 3 is 2.28 bits per heavy atom. The lowest BCUT2D eigenvalue weighted by Crippen LogP contribution is -2.24. The first-order chi connectivity index (χ1) is 12.0. The molecule has 1 aliphatic rings. The summed E-state index contributed by atoms with van der Waals surface area (Å²) in [5.41, 5.74) is 3.84. The van der Waals surface area contributed by atoms with Gasteiger partial charge in [0.05, 0.1) is 11.4 Å². The number of halogens is 2. The average Bonchev–Trinajstić information content (AvgIpc) is 2.92. The van der Waals surface area contributed by atoms with Crippen LogP contribution in [0.4, 0.5) is 5.82 Å². The third-order valence-corrected chi connectivity index (χ3v) is 4.95. The summed E-state index contributed by atoms with van der Waals surface area (Å²) in [5, 5.41) is 8.96. The lowest BCUT2D eigenvalue weighted by Gasteiger charge is -2.24. The van der Waals surface area contributed by atoms with Gasteiger partial charge in [-0.15, -0.1) is 0 Å². The van der Waals surface area contributed by atoms with Crippen molar-refractivity contribution >= 4 is 34.9 Å². The summed E-state index contributed by atoms with van der Waals surface area (Å²) in [5.74, 6) is 0.653. The van der Waals surface area contributed by atoms with Crippen molar-refractivity contribution in [2.75, 3.05) is 5.32 Å². The third-order valence-electron chi connectivity index (χ3n) is 4.45. The fraction of sp³-hybridized carbons (Fsp3) is 0.158. The van der Waals surface area contributed by atoms with Gasteiger partial charge in [-0.3, -0.25) is 4.79 Å². The minimum Gasteiger partial charge on any atom is -0.310 e. The van der Waals surface area contributed by atoms with E-state index >= 15 is 0 Å². The van der Waals surface area contributed by atoms with Crippen molar-refractivity contribution in [3.8, 4) is 5.69 Å². The number of carbonyl (C=O) groups excluding carboxylic acids is 1. The number of nitrogens with one attached hydrogen (secondary N) is 1. The quantitative estimate of drug-likeness (QED) is 0.691. The molecule has 0 spiro atoms. The van der Waals surface area contributed by atoms with Gasteiger partial charge in [-0.2, -0.15) is 5.10 Å². The Kier molecular flexibility index (Phi) is 4.02. The maximum Gasteiger partial charge on any atom is 0.226 e. The van der Waals surface area contributed by atoms with Crippen LogP contribution in [-0.2, 0) is 4.79 Å². The second kappa shape index (κ2) is 6.21. The minimum atomic E-state index is -0.0398. The number of hydrogen-bond acceptors (Lipinski definition) is 2. The van der Waals surface area contributed by atoms with Gasteiger partial charge >= 0.3 is 0 Å². The molecular weight excluding hydrogens is 357 g/mol. The third kappa shape index (κ3) is 2.92. The smallest absolute Gasteiger partial charge is 0.226 e. The molecule has 4 nitrogen and oxygen atoms in total. The Hall–Kier alpha value is -2.30. The van der Waals surface area contributed by atoms with Gasteiger partial charge in [0.15, 0.2) is 0 Å². The van der Waals surface area contributed by atoms with Crippen LogP contribution in [0.3, 0.4) is 0 Å². The van der Waals surface area contributed by atoms with Crippen LogP contribution in [0, 0.1) is 6.92 Å². The highest BCUT2D eigenvalue weighted by Gasteiger charge is 2.32. The standard InChI is InChI=1S/C19H15Cl2N3O/c1-11-18-16(12-2-4-13(20)5-3-12)10-17(25)22-19(18)24(23-11)15-8-6-14(21)7-9-15/h2-9,16H,10H2,1H3,(H,22,25). The Balaban J connectivity index is 1.85. The van der Waals surface area contributed by atoms with Crippen molar-refractivity contribution < 1.29 is 4.79 Å². The van der Waals surface area contributed by atoms with Gasteiger partial charge in [0.25, 0.3) is 0 Å². The first-order valence-electron chi connectivity index (χ1n) is 7.93. The topological polar surface area (TPSA) is 46.9 Å². The first-order valence-corrected chi connectivity index (χ1v) is 8.69. The number of hydrogen-bond donors (Lipinski definition) is 1. The maximum atomic E-state index is 12.3. The molecule has 1 aromatic heterocycles. The number of rotatable bonds is 2.